The molecule has 1 aromatic heterocycles. The first kappa shape index (κ1) is 16.4. The fraction of sp³-hybridized carbons (Fsp3) is 0.450. The number of pyridine rings is 1. The number of hydrogen-bond acceptors (Lipinski definition) is 5. The number of fused-ring (bicyclic) bond motifs is 1. The van der Waals surface area contributed by atoms with Crippen LogP contribution in [0.25, 0.3) is 0 Å². The van der Waals surface area contributed by atoms with Crippen molar-refractivity contribution in [3.05, 3.63) is 53.9 Å². The highest BCUT2D eigenvalue weighted by atomic mass is 16.7. The Hall–Kier alpha value is -2.11. The van der Waals surface area contributed by atoms with Gasteiger partial charge in [-0.15, -0.1) is 0 Å². The van der Waals surface area contributed by atoms with Gasteiger partial charge in [-0.05, 0) is 50.6 Å². The van der Waals surface area contributed by atoms with Crippen LogP contribution >= 0.6 is 0 Å². The number of para-hydroxylation sites is 1. The van der Waals surface area contributed by atoms with E-state index in [0.717, 1.165) is 43.4 Å². The summed E-state index contributed by atoms with van der Waals surface area (Å²) < 4.78 is 11.3. The minimum atomic E-state index is 0.319. The van der Waals surface area contributed by atoms with Crippen LogP contribution in [0.15, 0.2) is 42.6 Å². The van der Waals surface area contributed by atoms with E-state index in [-0.39, 0.29) is 0 Å². The lowest BCUT2D eigenvalue weighted by molar-refractivity contribution is 0.154. The van der Waals surface area contributed by atoms with Crippen molar-refractivity contribution in [3.63, 3.8) is 0 Å². The number of aromatic nitrogens is 1. The lowest BCUT2D eigenvalue weighted by Crippen LogP contribution is -2.35. The minimum absolute atomic E-state index is 0.319. The van der Waals surface area contributed by atoms with Crippen molar-refractivity contribution < 1.29 is 9.47 Å². The molecule has 2 aromatic rings. The average molecular weight is 339 g/mol. The van der Waals surface area contributed by atoms with Crippen molar-refractivity contribution in [2.45, 2.75) is 38.4 Å². The molecule has 0 unspecified atom stereocenters. The Labute approximate surface area is 149 Å². The summed E-state index contributed by atoms with van der Waals surface area (Å²) >= 11 is 0. The molecule has 1 aromatic carbocycles. The van der Waals surface area contributed by atoms with E-state index in [1.807, 2.05) is 18.3 Å². The summed E-state index contributed by atoms with van der Waals surface area (Å²) in [5, 5.41) is 3.51. The maximum Gasteiger partial charge on any atom is 0.231 e. The van der Waals surface area contributed by atoms with Gasteiger partial charge in [0.1, 0.15) is 0 Å². The second-order valence-corrected chi connectivity index (χ2v) is 6.71. The summed E-state index contributed by atoms with van der Waals surface area (Å²) in [6, 6.07) is 12.9. The van der Waals surface area contributed by atoms with Crippen molar-refractivity contribution in [3.8, 4) is 11.5 Å². The Morgan fingerprint density at radius 1 is 1.04 bits per heavy atom. The molecule has 0 bridgehead atoms. The molecule has 0 amide bonds. The maximum absolute atomic E-state index is 5.72. The summed E-state index contributed by atoms with van der Waals surface area (Å²) in [6.07, 6.45) is 5.47. The van der Waals surface area contributed by atoms with Crippen LogP contribution in [0.5, 0.6) is 11.5 Å². The monoisotopic (exact) mass is 339 g/mol. The first-order valence-corrected chi connectivity index (χ1v) is 9.12. The average Bonchev–Trinajstić information content (AvgIpc) is 2.97. The van der Waals surface area contributed by atoms with Gasteiger partial charge in [0.15, 0.2) is 11.5 Å². The van der Waals surface area contributed by atoms with Crippen molar-refractivity contribution in [2.75, 3.05) is 19.9 Å². The van der Waals surface area contributed by atoms with Crippen molar-refractivity contribution in [1.82, 2.24) is 15.2 Å². The molecule has 0 radical (unpaired) electrons. The van der Waals surface area contributed by atoms with Gasteiger partial charge < -0.3 is 14.8 Å². The van der Waals surface area contributed by atoms with Crippen LogP contribution in [-0.4, -0.2) is 35.8 Å². The molecule has 2 aliphatic rings. The van der Waals surface area contributed by atoms with Crippen molar-refractivity contribution in [2.24, 2.45) is 0 Å². The largest absolute Gasteiger partial charge is 0.454 e. The lowest BCUT2D eigenvalue weighted by atomic mass is 10.0. The molecule has 1 atom stereocenters. The fourth-order valence-corrected chi connectivity index (χ4v) is 3.71. The predicted molar refractivity (Wildman–Crippen MR) is 96.6 cm³/mol. The SMILES string of the molecule is c1ccc(CN(Cc2cccc3c2OCO3)[C@@H]2CCCNCC2)nc1. The summed E-state index contributed by atoms with van der Waals surface area (Å²) in [5.41, 5.74) is 2.31. The summed E-state index contributed by atoms with van der Waals surface area (Å²) in [4.78, 5) is 7.09. The maximum atomic E-state index is 5.72. The molecule has 25 heavy (non-hydrogen) atoms. The molecule has 1 fully saturated rings. The first-order chi connectivity index (χ1) is 12.4. The van der Waals surface area contributed by atoms with Crippen LogP contribution in [-0.2, 0) is 13.1 Å². The molecule has 5 heteroatoms. The molecule has 1 N–H and O–H groups in total. The van der Waals surface area contributed by atoms with E-state index in [4.69, 9.17) is 9.47 Å². The highest BCUT2D eigenvalue weighted by Crippen LogP contribution is 2.36. The van der Waals surface area contributed by atoms with Crippen LogP contribution in [0, 0.1) is 0 Å². The molecule has 4 rings (SSSR count). The van der Waals surface area contributed by atoms with Gasteiger partial charge in [0.2, 0.25) is 6.79 Å². The number of rotatable bonds is 5. The Balaban J connectivity index is 1.57. The molecule has 2 aliphatic heterocycles. The van der Waals surface area contributed by atoms with E-state index in [9.17, 15) is 0 Å². The van der Waals surface area contributed by atoms with E-state index in [1.54, 1.807) is 0 Å². The van der Waals surface area contributed by atoms with Gasteiger partial charge in [0, 0.05) is 30.9 Å². The molecular formula is C20H25N3O2. The van der Waals surface area contributed by atoms with Gasteiger partial charge in [-0.3, -0.25) is 9.88 Å². The normalized spacial score (nSPS) is 19.8. The highest BCUT2D eigenvalue weighted by Gasteiger charge is 2.24. The molecule has 0 saturated carbocycles. The second kappa shape index (κ2) is 7.85. The van der Waals surface area contributed by atoms with Gasteiger partial charge in [-0.1, -0.05) is 18.2 Å². The number of ether oxygens (including phenoxy) is 2. The van der Waals surface area contributed by atoms with Crippen LogP contribution in [0.3, 0.4) is 0 Å². The summed E-state index contributed by atoms with van der Waals surface area (Å²) in [7, 11) is 0. The van der Waals surface area contributed by atoms with E-state index < -0.39 is 0 Å². The molecule has 0 spiro atoms. The first-order valence-electron chi connectivity index (χ1n) is 9.12. The summed E-state index contributed by atoms with van der Waals surface area (Å²) in [6.45, 7) is 4.23. The highest BCUT2D eigenvalue weighted by molar-refractivity contribution is 5.48. The van der Waals surface area contributed by atoms with E-state index in [2.05, 4.69) is 39.5 Å². The van der Waals surface area contributed by atoms with Crippen LogP contribution < -0.4 is 14.8 Å². The van der Waals surface area contributed by atoms with Crippen LogP contribution in [0.4, 0.5) is 0 Å². The van der Waals surface area contributed by atoms with Gasteiger partial charge >= 0.3 is 0 Å². The molecular weight excluding hydrogens is 314 g/mol. The van der Waals surface area contributed by atoms with E-state index in [1.165, 1.54) is 24.8 Å². The number of nitrogens with one attached hydrogen (secondary N) is 1. The standard InChI is InChI=1S/C20H25N3O2/c1-2-11-22-17(6-1)14-23(18-7-4-10-21-12-9-18)13-16-5-3-8-19-20(16)25-15-24-19/h1-3,5-6,8,11,18,21H,4,7,9-10,12-15H2/t18-/m1/s1. The summed E-state index contributed by atoms with van der Waals surface area (Å²) in [5.74, 6) is 1.76. The Bertz CT molecular complexity index is 685. The van der Waals surface area contributed by atoms with E-state index >= 15 is 0 Å². The number of nitrogens with zero attached hydrogens (tertiary/aromatic N) is 2. The molecule has 3 heterocycles. The third-order valence-corrected chi connectivity index (χ3v) is 5.00. The van der Waals surface area contributed by atoms with Gasteiger partial charge in [0.05, 0.1) is 5.69 Å². The van der Waals surface area contributed by atoms with Gasteiger partial charge in [0.25, 0.3) is 0 Å². The molecule has 1 saturated heterocycles. The Kier molecular flexibility index (Phi) is 5.14. The second-order valence-electron chi connectivity index (χ2n) is 6.71. The molecule has 5 nitrogen and oxygen atoms in total. The minimum Gasteiger partial charge on any atom is -0.454 e. The predicted octanol–water partition coefficient (Wildman–Crippen LogP) is 2.95. The topological polar surface area (TPSA) is 46.6 Å². The zero-order valence-electron chi connectivity index (χ0n) is 14.5. The number of hydrogen-bond donors (Lipinski definition) is 1. The van der Waals surface area contributed by atoms with Crippen molar-refractivity contribution >= 4 is 0 Å². The quantitative estimate of drug-likeness (QED) is 0.907. The van der Waals surface area contributed by atoms with Gasteiger partial charge in [-0.25, -0.2) is 0 Å². The Morgan fingerprint density at radius 2 is 2.04 bits per heavy atom. The fourth-order valence-electron chi connectivity index (χ4n) is 3.71. The van der Waals surface area contributed by atoms with Crippen LogP contribution in [0.2, 0.25) is 0 Å². The number of benzene rings is 1. The third kappa shape index (κ3) is 3.94. The smallest absolute Gasteiger partial charge is 0.231 e. The lowest BCUT2D eigenvalue weighted by Gasteiger charge is -2.31. The molecule has 0 aliphatic carbocycles. The zero-order chi connectivity index (χ0) is 16.9. The van der Waals surface area contributed by atoms with Crippen molar-refractivity contribution in [1.29, 1.82) is 0 Å². The Morgan fingerprint density at radius 3 is 2.96 bits per heavy atom. The van der Waals surface area contributed by atoms with E-state index in [0.29, 0.717) is 12.8 Å². The van der Waals surface area contributed by atoms with Gasteiger partial charge in [-0.2, -0.15) is 0 Å². The van der Waals surface area contributed by atoms with Crippen LogP contribution in [0.1, 0.15) is 30.5 Å². The third-order valence-electron chi connectivity index (χ3n) is 5.00. The zero-order valence-corrected chi connectivity index (χ0v) is 14.5. The molecule has 132 valence electrons.